The Kier molecular flexibility index (Phi) is 3.42. The monoisotopic (exact) mass is 330 g/mol. The molecule has 2 unspecified atom stereocenters. The van der Waals surface area contributed by atoms with Gasteiger partial charge in [0, 0.05) is 49.4 Å². The molecule has 0 saturated carbocycles. The maximum atomic E-state index is 14.7. The number of fused-ring (bicyclic) bond motifs is 5. The Labute approximate surface area is 140 Å². The number of piperazine rings is 1. The SMILES string of the molecule is Cc1ncc2c3c(c(=O)n(C)c2c1F)CCC1CN(C)C(C)CN31. The molecular weight excluding hydrogens is 307 g/mol. The van der Waals surface area contributed by atoms with Gasteiger partial charge in [-0.1, -0.05) is 0 Å². The molecule has 24 heavy (non-hydrogen) atoms. The van der Waals surface area contributed by atoms with Crippen LogP contribution in [0.15, 0.2) is 11.0 Å². The summed E-state index contributed by atoms with van der Waals surface area (Å²) in [5.74, 6) is -0.390. The predicted octanol–water partition coefficient (Wildman–Crippen LogP) is 1.84. The lowest BCUT2D eigenvalue weighted by Crippen LogP contribution is -2.58. The van der Waals surface area contributed by atoms with Gasteiger partial charge in [0.1, 0.15) is 0 Å². The van der Waals surface area contributed by atoms with Crippen molar-refractivity contribution in [2.24, 2.45) is 7.05 Å². The molecule has 2 aromatic heterocycles. The molecule has 6 heteroatoms. The van der Waals surface area contributed by atoms with Gasteiger partial charge in [-0.25, -0.2) is 4.39 Å². The number of rotatable bonds is 0. The van der Waals surface area contributed by atoms with E-state index < -0.39 is 0 Å². The van der Waals surface area contributed by atoms with E-state index in [1.807, 2.05) is 0 Å². The zero-order chi connectivity index (χ0) is 17.2. The number of aromatic nitrogens is 2. The van der Waals surface area contributed by atoms with Crippen molar-refractivity contribution in [2.75, 3.05) is 25.0 Å². The average Bonchev–Trinajstić information content (AvgIpc) is 2.55. The molecule has 1 fully saturated rings. The molecule has 128 valence electrons. The molecule has 0 amide bonds. The van der Waals surface area contributed by atoms with E-state index in [-0.39, 0.29) is 11.4 Å². The summed E-state index contributed by atoms with van der Waals surface area (Å²) in [7, 11) is 3.80. The van der Waals surface area contributed by atoms with Gasteiger partial charge >= 0.3 is 0 Å². The second kappa shape index (κ2) is 5.28. The van der Waals surface area contributed by atoms with Gasteiger partial charge in [-0.15, -0.1) is 0 Å². The van der Waals surface area contributed by atoms with Crippen LogP contribution in [0.25, 0.3) is 10.9 Å². The zero-order valence-electron chi connectivity index (χ0n) is 14.6. The maximum absolute atomic E-state index is 14.7. The van der Waals surface area contributed by atoms with E-state index in [2.05, 4.69) is 28.8 Å². The molecule has 2 atom stereocenters. The highest BCUT2D eigenvalue weighted by Crippen LogP contribution is 2.37. The summed E-state index contributed by atoms with van der Waals surface area (Å²) in [5.41, 5.74) is 2.35. The zero-order valence-corrected chi connectivity index (χ0v) is 14.6. The summed E-state index contributed by atoms with van der Waals surface area (Å²) in [5, 5.41) is 0.761. The maximum Gasteiger partial charge on any atom is 0.256 e. The van der Waals surface area contributed by atoms with Crippen molar-refractivity contribution in [3.8, 4) is 0 Å². The number of likely N-dealkylation sites (N-methyl/N-ethyl adjacent to an activating group) is 1. The minimum atomic E-state index is -0.390. The lowest BCUT2D eigenvalue weighted by atomic mass is 9.91. The van der Waals surface area contributed by atoms with Crippen LogP contribution in [-0.2, 0) is 13.5 Å². The van der Waals surface area contributed by atoms with Crippen molar-refractivity contribution in [2.45, 2.75) is 38.8 Å². The molecule has 1 saturated heterocycles. The highest BCUT2D eigenvalue weighted by molar-refractivity contribution is 5.94. The summed E-state index contributed by atoms with van der Waals surface area (Å²) in [4.78, 5) is 21.8. The normalized spacial score (nSPS) is 24.1. The molecule has 0 radical (unpaired) electrons. The van der Waals surface area contributed by atoms with Gasteiger partial charge in [0.2, 0.25) is 0 Å². The van der Waals surface area contributed by atoms with Gasteiger partial charge in [-0.05, 0) is 33.7 Å². The number of hydrogen-bond acceptors (Lipinski definition) is 4. The first-order chi connectivity index (χ1) is 11.4. The van der Waals surface area contributed by atoms with Gasteiger partial charge in [0.25, 0.3) is 5.56 Å². The Bertz CT molecular complexity index is 891. The Morgan fingerprint density at radius 2 is 2.04 bits per heavy atom. The van der Waals surface area contributed by atoms with Crippen molar-refractivity contribution < 1.29 is 4.39 Å². The molecule has 4 rings (SSSR count). The first-order valence-corrected chi connectivity index (χ1v) is 8.53. The fourth-order valence-corrected chi connectivity index (χ4v) is 4.21. The summed E-state index contributed by atoms with van der Waals surface area (Å²) < 4.78 is 16.2. The number of nitrogens with zero attached hydrogens (tertiary/aromatic N) is 4. The summed E-state index contributed by atoms with van der Waals surface area (Å²) in [6.07, 6.45) is 3.45. The topological polar surface area (TPSA) is 41.4 Å². The lowest BCUT2D eigenvalue weighted by molar-refractivity contribution is 0.192. The molecule has 4 heterocycles. The van der Waals surface area contributed by atoms with Crippen molar-refractivity contribution in [3.05, 3.63) is 33.6 Å². The van der Waals surface area contributed by atoms with Crippen molar-refractivity contribution in [1.29, 1.82) is 0 Å². The molecule has 0 N–H and O–H groups in total. The van der Waals surface area contributed by atoms with E-state index in [4.69, 9.17) is 0 Å². The number of halogens is 1. The first-order valence-electron chi connectivity index (χ1n) is 8.53. The Hall–Kier alpha value is -1.95. The second-order valence-electron chi connectivity index (χ2n) is 7.24. The van der Waals surface area contributed by atoms with E-state index in [9.17, 15) is 9.18 Å². The molecule has 2 aliphatic heterocycles. The fourth-order valence-electron chi connectivity index (χ4n) is 4.21. The number of anilines is 1. The van der Waals surface area contributed by atoms with Gasteiger partial charge in [0.15, 0.2) is 5.82 Å². The molecule has 2 aliphatic rings. The molecule has 2 aromatic rings. The highest BCUT2D eigenvalue weighted by Gasteiger charge is 2.36. The van der Waals surface area contributed by atoms with Crippen molar-refractivity contribution in [3.63, 3.8) is 0 Å². The van der Waals surface area contributed by atoms with Gasteiger partial charge in [0.05, 0.1) is 16.9 Å². The quantitative estimate of drug-likeness (QED) is 0.739. The van der Waals surface area contributed by atoms with Crippen LogP contribution in [0.1, 0.15) is 24.6 Å². The van der Waals surface area contributed by atoms with Crippen LogP contribution in [-0.4, -0.2) is 46.7 Å². The average molecular weight is 330 g/mol. The summed E-state index contributed by atoms with van der Waals surface area (Å²) in [6, 6.07) is 0.771. The Morgan fingerprint density at radius 3 is 2.79 bits per heavy atom. The third-order valence-electron chi connectivity index (χ3n) is 5.77. The minimum Gasteiger partial charge on any atom is -0.365 e. The van der Waals surface area contributed by atoms with Crippen LogP contribution in [0.5, 0.6) is 0 Å². The summed E-state index contributed by atoms with van der Waals surface area (Å²) >= 11 is 0. The van der Waals surface area contributed by atoms with E-state index in [1.54, 1.807) is 20.2 Å². The summed E-state index contributed by atoms with van der Waals surface area (Å²) in [6.45, 7) is 5.65. The van der Waals surface area contributed by atoms with E-state index in [0.29, 0.717) is 23.3 Å². The standard InChI is InChI=1S/C18H23FN4O/c1-10-8-23-12(9-21(10)3)5-6-13-16(23)14-7-20-11(2)15(19)17(14)22(4)18(13)24/h7,10,12H,5-6,8-9H2,1-4H3. The molecule has 0 spiro atoms. The molecular formula is C18H23FN4O. The van der Waals surface area contributed by atoms with Crippen molar-refractivity contribution in [1.82, 2.24) is 14.5 Å². The van der Waals surface area contributed by atoms with Gasteiger partial charge < -0.3 is 9.47 Å². The minimum absolute atomic E-state index is 0.0768. The van der Waals surface area contributed by atoms with Crippen LogP contribution in [0.4, 0.5) is 10.1 Å². The van der Waals surface area contributed by atoms with Crippen LogP contribution in [0, 0.1) is 12.7 Å². The smallest absolute Gasteiger partial charge is 0.256 e. The van der Waals surface area contributed by atoms with E-state index in [1.165, 1.54) is 4.57 Å². The van der Waals surface area contributed by atoms with Crippen LogP contribution in [0.3, 0.4) is 0 Å². The molecule has 0 aliphatic carbocycles. The second-order valence-corrected chi connectivity index (χ2v) is 7.24. The number of aryl methyl sites for hydroxylation is 2. The van der Waals surface area contributed by atoms with Crippen molar-refractivity contribution >= 4 is 16.6 Å². The van der Waals surface area contributed by atoms with E-state index in [0.717, 1.165) is 42.6 Å². The highest BCUT2D eigenvalue weighted by atomic mass is 19.1. The largest absolute Gasteiger partial charge is 0.365 e. The van der Waals surface area contributed by atoms with Gasteiger partial charge in [-0.3, -0.25) is 14.7 Å². The molecule has 0 bridgehead atoms. The Balaban J connectivity index is 2.03. The number of hydrogen-bond donors (Lipinski definition) is 0. The predicted molar refractivity (Wildman–Crippen MR) is 93.2 cm³/mol. The van der Waals surface area contributed by atoms with E-state index >= 15 is 0 Å². The molecule has 5 nitrogen and oxygen atoms in total. The third-order valence-corrected chi connectivity index (χ3v) is 5.77. The first kappa shape index (κ1) is 15.6. The fraction of sp³-hybridized carbons (Fsp3) is 0.556. The van der Waals surface area contributed by atoms with Crippen LogP contribution < -0.4 is 10.5 Å². The lowest BCUT2D eigenvalue weighted by Gasteiger charge is -2.48. The number of pyridine rings is 2. The third kappa shape index (κ3) is 2.02. The van der Waals surface area contributed by atoms with Gasteiger partial charge in [-0.2, -0.15) is 0 Å². The van der Waals surface area contributed by atoms with Crippen LogP contribution >= 0.6 is 0 Å². The molecule has 0 aromatic carbocycles. The Morgan fingerprint density at radius 1 is 1.29 bits per heavy atom. The van der Waals surface area contributed by atoms with Crippen LogP contribution in [0.2, 0.25) is 0 Å².